The fraction of sp³-hybridized carbons (Fsp3) is 0.545. The van der Waals surface area contributed by atoms with Gasteiger partial charge in [-0.15, -0.1) is 0 Å². The number of carbonyl (C=O) groups is 2. The highest BCUT2D eigenvalue weighted by Crippen LogP contribution is 2.15. The fourth-order valence-electron chi connectivity index (χ4n) is 1.59. The number of carbonyl (C=O) groups excluding carboxylic acids is 2. The summed E-state index contributed by atoms with van der Waals surface area (Å²) in [6.07, 6.45) is 2.59. The Bertz CT molecular complexity index is 388. The minimum Gasteiger partial charge on any atom is -0.467 e. The number of aromatic nitrogens is 1. The Balaban J connectivity index is 2.80. The molecule has 0 aliphatic heterocycles. The summed E-state index contributed by atoms with van der Waals surface area (Å²) in [7, 11) is 1.29. The Labute approximate surface area is 99.3 Å². The first-order valence-corrected chi connectivity index (χ1v) is 5.35. The molecule has 0 spiro atoms. The lowest BCUT2D eigenvalue weighted by Gasteiger charge is -2.26. The van der Waals surface area contributed by atoms with Crippen LogP contribution in [0.25, 0.3) is 0 Å². The molecule has 0 saturated carbocycles. The maximum Gasteiger partial charge on any atom is 0.331 e. The van der Waals surface area contributed by atoms with Gasteiger partial charge in [0.25, 0.3) is 5.91 Å². The second-order valence-corrected chi connectivity index (χ2v) is 3.90. The number of methoxy groups -OCH3 is 1. The highest BCUT2D eigenvalue weighted by molar-refractivity contribution is 5.95. The molecule has 0 aliphatic rings. The lowest BCUT2D eigenvalue weighted by Crippen LogP contribution is -2.52. The van der Waals surface area contributed by atoms with E-state index in [9.17, 15) is 9.59 Å². The second kappa shape index (κ2) is 5.47. The molecule has 0 aliphatic carbocycles. The van der Waals surface area contributed by atoms with Crippen molar-refractivity contribution in [2.45, 2.75) is 32.2 Å². The zero-order valence-corrected chi connectivity index (χ0v) is 10.1. The van der Waals surface area contributed by atoms with Crippen LogP contribution in [0.2, 0.25) is 0 Å². The Morgan fingerprint density at radius 3 is 2.76 bits per heavy atom. The van der Waals surface area contributed by atoms with E-state index in [-0.39, 0.29) is 5.76 Å². The number of hydrogen-bond acceptors (Lipinski definition) is 5. The zero-order valence-electron chi connectivity index (χ0n) is 10.1. The van der Waals surface area contributed by atoms with E-state index in [1.165, 1.54) is 19.4 Å². The first kappa shape index (κ1) is 13.2. The van der Waals surface area contributed by atoms with Gasteiger partial charge in [0.05, 0.1) is 13.3 Å². The summed E-state index contributed by atoms with van der Waals surface area (Å²) in [5.74, 6) is -0.896. The van der Waals surface area contributed by atoms with Crippen LogP contribution in [0.1, 0.15) is 37.2 Å². The van der Waals surface area contributed by atoms with E-state index in [1.54, 1.807) is 6.92 Å². The first-order chi connectivity index (χ1) is 8.03. The van der Waals surface area contributed by atoms with Gasteiger partial charge in [0, 0.05) is 6.07 Å². The molecule has 0 fully saturated rings. The van der Waals surface area contributed by atoms with E-state index < -0.39 is 17.4 Å². The van der Waals surface area contributed by atoms with Crippen LogP contribution in [0.3, 0.4) is 0 Å². The number of nitrogens with zero attached hydrogens (tertiary/aromatic N) is 1. The molecule has 1 amide bonds. The van der Waals surface area contributed by atoms with E-state index >= 15 is 0 Å². The van der Waals surface area contributed by atoms with Gasteiger partial charge in [0.2, 0.25) is 5.76 Å². The van der Waals surface area contributed by atoms with Crippen LogP contribution in [-0.4, -0.2) is 29.7 Å². The van der Waals surface area contributed by atoms with Gasteiger partial charge >= 0.3 is 5.97 Å². The van der Waals surface area contributed by atoms with E-state index in [0.717, 1.165) is 6.42 Å². The van der Waals surface area contributed by atoms with Gasteiger partial charge in [0.15, 0.2) is 0 Å². The average molecular weight is 240 g/mol. The highest BCUT2D eigenvalue weighted by Gasteiger charge is 2.36. The van der Waals surface area contributed by atoms with Crippen molar-refractivity contribution in [3.05, 3.63) is 18.0 Å². The monoisotopic (exact) mass is 240 g/mol. The van der Waals surface area contributed by atoms with Crippen LogP contribution in [0.5, 0.6) is 0 Å². The standard InChI is InChI=1S/C11H16N2O4/c1-4-6-11(2,10(15)16-3)13-9(14)8-5-7-12-17-8/h5,7H,4,6H2,1-3H3,(H,13,14). The van der Waals surface area contributed by atoms with E-state index in [1.807, 2.05) is 6.92 Å². The van der Waals surface area contributed by atoms with Crippen molar-refractivity contribution in [2.24, 2.45) is 0 Å². The lowest BCUT2D eigenvalue weighted by atomic mass is 9.96. The normalized spacial score (nSPS) is 13.8. The molecule has 1 heterocycles. The largest absolute Gasteiger partial charge is 0.467 e. The molecule has 0 radical (unpaired) electrons. The van der Waals surface area contributed by atoms with Crippen LogP contribution in [0.4, 0.5) is 0 Å². The zero-order chi connectivity index (χ0) is 12.9. The molecule has 94 valence electrons. The summed E-state index contributed by atoms with van der Waals surface area (Å²) in [5.41, 5.74) is -1.05. The third-order valence-electron chi connectivity index (χ3n) is 2.44. The van der Waals surface area contributed by atoms with Crippen LogP contribution in [0, 0.1) is 0 Å². The van der Waals surface area contributed by atoms with Gasteiger partial charge in [-0.3, -0.25) is 4.79 Å². The number of rotatable bonds is 5. The minimum atomic E-state index is -1.05. The van der Waals surface area contributed by atoms with Gasteiger partial charge in [-0.2, -0.15) is 0 Å². The maximum atomic E-state index is 11.8. The summed E-state index contributed by atoms with van der Waals surface area (Å²) < 4.78 is 9.40. The fourth-order valence-corrected chi connectivity index (χ4v) is 1.59. The minimum absolute atomic E-state index is 0.0660. The molecule has 0 saturated heterocycles. The molecule has 1 aromatic heterocycles. The van der Waals surface area contributed by atoms with E-state index in [0.29, 0.717) is 6.42 Å². The predicted molar refractivity (Wildman–Crippen MR) is 59.3 cm³/mol. The van der Waals surface area contributed by atoms with Crippen molar-refractivity contribution < 1.29 is 18.8 Å². The Morgan fingerprint density at radius 2 is 2.29 bits per heavy atom. The Morgan fingerprint density at radius 1 is 1.59 bits per heavy atom. The highest BCUT2D eigenvalue weighted by atomic mass is 16.5. The maximum absolute atomic E-state index is 11.8. The van der Waals surface area contributed by atoms with Crippen molar-refractivity contribution in [1.82, 2.24) is 10.5 Å². The summed E-state index contributed by atoms with van der Waals surface area (Å²) in [5, 5.41) is 6.03. The molecular weight excluding hydrogens is 224 g/mol. The topological polar surface area (TPSA) is 81.4 Å². The van der Waals surface area contributed by atoms with Crippen molar-refractivity contribution in [1.29, 1.82) is 0 Å². The molecule has 0 bridgehead atoms. The Kier molecular flexibility index (Phi) is 4.25. The predicted octanol–water partition coefficient (Wildman–Crippen LogP) is 1.14. The molecule has 1 rings (SSSR count). The van der Waals surface area contributed by atoms with Gasteiger partial charge in [-0.25, -0.2) is 4.79 Å². The van der Waals surface area contributed by atoms with Crippen molar-refractivity contribution in [2.75, 3.05) is 7.11 Å². The van der Waals surface area contributed by atoms with Crippen LogP contribution in [0.15, 0.2) is 16.8 Å². The smallest absolute Gasteiger partial charge is 0.331 e. The van der Waals surface area contributed by atoms with Crippen molar-refractivity contribution in [3.8, 4) is 0 Å². The van der Waals surface area contributed by atoms with Gasteiger partial charge < -0.3 is 14.6 Å². The van der Waals surface area contributed by atoms with Crippen LogP contribution in [-0.2, 0) is 9.53 Å². The molecule has 1 aromatic rings. The summed E-state index contributed by atoms with van der Waals surface area (Å²) >= 11 is 0. The second-order valence-electron chi connectivity index (χ2n) is 3.90. The van der Waals surface area contributed by atoms with Gasteiger partial charge in [-0.1, -0.05) is 18.5 Å². The van der Waals surface area contributed by atoms with Crippen LogP contribution < -0.4 is 5.32 Å². The van der Waals surface area contributed by atoms with Crippen molar-refractivity contribution >= 4 is 11.9 Å². The molecule has 6 nitrogen and oxygen atoms in total. The first-order valence-electron chi connectivity index (χ1n) is 5.35. The van der Waals surface area contributed by atoms with Crippen molar-refractivity contribution in [3.63, 3.8) is 0 Å². The Hall–Kier alpha value is -1.85. The number of ether oxygens (including phenoxy) is 1. The number of nitrogens with one attached hydrogen (secondary N) is 1. The molecule has 1 N–H and O–H groups in total. The summed E-state index contributed by atoms with van der Waals surface area (Å²) in [4.78, 5) is 23.4. The van der Waals surface area contributed by atoms with E-state index in [4.69, 9.17) is 4.52 Å². The third-order valence-corrected chi connectivity index (χ3v) is 2.44. The number of esters is 1. The molecule has 0 aromatic carbocycles. The summed E-state index contributed by atoms with van der Waals surface area (Å²) in [6.45, 7) is 3.54. The third kappa shape index (κ3) is 3.05. The van der Waals surface area contributed by atoms with E-state index in [2.05, 4.69) is 15.2 Å². The number of hydrogen-bond donors (Lipinski definition) is 1. The van der Waals surface area contributed by atoms with Gasteiger partial charge in [0.1, 0.15) is 5.54 Å². The molecule has 1 atom stereocenters. The average Bonchev–Trinajstić information content (AvgIpc) is 2.81. The van der Waals surface area contributed by atoms with Gasteiger partial charge in [-0.05, 0) is 13.3 Å². The summed E-state index contributed by atoms with van der Waals surface area (Å²) in [6, 6.07) is 1.43. The lowest BCUT2D eigenvalue weighted by molar-refractivity contribution is -0.147. The molecule has 1 unspecified atom stereocenters. The molecule has 17 heavy (non-hydrogen) atoms. The number of amides is 1. The van der Waals surface area contributed by atoms with Crippen LogP contribution >= 0.6 is 0 Å². The molecular formula is C11H16N2O4. The molecule has 6 heteroatoms. The SMILES string of the molecule is CCCC(C)(NC(=O)c1ccno1)C(=O)OC. The quantitative estimate of drug-likeness (QED) is 0.780.